The third kappa shape index (κ3) is 3.23. The van der Waals surface area contributed by atoms with E-state index in [1.807, 2.05) is 19.9 Å². The van der Waals surface area contributed by atoms with Crippen LogP contribution in [0.5, 0.6) is 0 Å². The number of benzene rings is 1. The van der Waals surface area contributed by atoms with E-state index in [2.05, 4.69) is 20.4 Å². The molecule has 1 aromatic carbocycles. The number of thioether (sulfide) groups is 1. The highest BCUT2D eigenvalue weighted by Gasteiger charge is 2.31. The summed E-state index contributed by atoms with van der Waals surface area (Å²) in [6.07, 6.45) is -0.136. The highest BCUT2D eigenvalue weighted by molar-refractivity contribution is 8.00. The monoisotopic (exact) mass is 386 g/mol. The second-order valence-electron chi connectivity index (χ2n) is 6.13. The van der Waals surface area contributed by atoms with Crippen molar-refractivity contribution < 1.29 is 14.3 Å². The van der Waals surface area contributed by atoms with Gasteiger partial charge in [-0.2, -0.15) is 14.9 Å². The van der Waals surface area contributed by atoms with Crippen molar-refractivity contribution in [2.24, 2.45) is 5.10 Å². The Morgan fingerprint density at radius 2 is 2.00 bits per heavy atom. The predicted octanol–water partition coefficient (Wildman–Crippen LogP) is 2.42. The summed E-state index contributed by atoms with van der Waals surface area (Å²) in [5, 5.41) is 26.6. The van der Waals surface area contributed by atoms with Crippen molar-refractivity contribution in [1.82, 2.24) is 24.7 Å². The van der Waals surface area contributed by atoms with Gasteiger partial charge in [0.15, 0.2) is 0 Å². The number of aryl methyl sites for hydroxylation is 2. The molecule has 138 valence electrons. The van der Waals surface area contributed by atoms with E-state index in [1.54, 1.807) is 21.5 Å². The summed E-state index contributed by atoms with van der Waals surface area (Å²) in [7, 11) is 0. The van der Waals surface area contributed by atoms with Crippen LogP contribution in [0.1, 0.15) is 23.4 Å². The summed E-state index contributed by atoms with van der Waals surface area (Å²) < 4.78 is 16.5. The number of aromatic nitrogens is 5. The van der Waals surface area contributed by atoms with Gasteiger partial charge in [0.25, 0.3) is 5.95 Å². The Morgan fingerprint density at radius 3 is 2.63 bits per heavy atom. The topological polar surface area (TPSA) is 98.2 Å². The first-order valence-electron chi connectivity index (χ1n) is 8.14. The molecule has 0 bridgehead atoms. The first kappa shape index (κ1) is 17.4. The first-order chi connectivity index (χ1) is 12.9. The molecule has 1 aliphatic rings. The number of fused-ring (bicyclic) bond motifs is 1. The Kier molecular flexibility index (Phi) is 4.27. The van der Waals surface area contributed by atoms with Crippen LogP contribution in [0.3, 0.4) is 0 Å². The van der Waals surface area contributed by atoms with Crippen molar-refractivity contribution in [3.05, 3.63) is 53.1 Å². The molecule has 0 fully saturated rings. The standard InChI is InChI=1S/C17H15FN6O2S/c1-9-7-10(2)23(21-9)16-19-20-17-24(16)22-15(13(27-17)8-14(25)26)11-3-5-12(18)6-4-11/h3-7,13H,8H2,1-2H3,(H,25,26). The summed E-state index contributed by atoms with van der Waals surface area (Å²) in [6, 6.07) is 7.73. The Balaban J connectivity index is 1.84. The third-order valence-electron chi connectivity index (χ3n) is 4.06. The molecule has 0 spiro atoms. The molecule has 10 heteroatoms. The SMILES string of the molecule is Cc1cc(C)n(-c2nnc3n2N=C(c2ccc(F)cc2)C(CC(=O)O)S3)n1. The van der Waals surface area contributed by atoms with Gasteiger partial charge in [-0.3, -0.25) is 4.79 Å². The Bertz CT molecular complexity index is 1060. The Hall–Kier alpha value is -3.01. The highest BCUT2D eigenvalue weighted by Crippen LogP contribution is 2.33. The molecule has 0 aliphatic carbocycles. The average Bonchev–Trinajstić information content (AvgIpc) is 3.16. The minimum atomic E-state index is -0.950. The molecule has 0 radical (unpaired) electrons. The lowest BCUT2D eigenvalue weighted by Gasteiger charge is -2.22. The molecule has 0 amide bonds. The molecule has 0 saturated heterocycles. The van der Waals surface area contributed by atoms with E-state index in [1.165, 1.54) is 23.9 Å². The number of halogens is 1. The van der Waals surface area contributed by atoms with E-state index >= 15 is 0 Å². The second-order valence-corrected chi connectivity index (χ2v) is 7.30. The zero-order valence-corrected chi connectivity index (χ0v) is 15.3. The van der Waals surface area contributed by atoms with E-state index in [4.69, 9.17) is 0 Å². The van der Waals surface area contributed by atoms with Gasteiger partial charge in [0, 0.05) is 5.69 Å². The molecule has 2 aromatic heterocycles. The molecule has 4 rings (SSSR count). The van der Waals surface area contributed by atoms with Gasteiger partial charge < -0.3 is 5.11 Å². The van der Waals surface area contributed by atoms with Crippen LogP contribution < -0.4 is 0 Å². The molecule has 1 unspecified atom stereocenters. The van der Waals surface area contributed by atoms with Crippen molar-refractivity contribution in [3.8, 4) is 5.95 Å². The molecule has 3 aromatic rings. The van der Waals surface area contributed by atoms with Gasteiger partial charge in [-0.15, -0.1) is 10.2 Å². The van der Waals surface area contributed by atoms with Crippen LogP contribution in [0.4, 0.5) is 4.39 Å². The smallest absolute Gasteiger partial charge is 0.304 e. The summed E-state index contributed by atoms with van der Waals surface area (Å²) in [6.45, 7) is 3.78. The quantitative estimate of drug-likeness (QED) is 0.739. The van der Waals surface area contributed by atoms with Gasteiger partial charge in [-0.25, -0.2) is 9.07 Å². The van der Waals surface area contributed by atoms with Crippen LogP contribution in [-0.2, 0) is 4.79 Å². The molecule has 1 atom stereocenters. The minimum Gasteiger partial charge on any atom is -0.481 e. The van der Waals surface area contributed by atoms with Gasteiger partial charge >= 0.3 is 5.97 Å². The van der Waals surface area contributed by atoms with Crippen molar-refractivity contribution in [2.45, 2.75) is 30.7 Å². The predicted molar refractivity (Wildman–Crippen MR) is 96.9 cm³/mol. The van der Waals surface area contributed by atoms with Crippen LogP contribution in [-0.4, -0.2) is 46.7 Å². The summed E-state index contributed by atoms with van der Waals surface area (Å²) in [5.41, 5.74) is 2.88. The minimum absolute atomic E-state index is 0.136. The molecule has 0 saturated carbocycles. The van der Waals surface area contributed by atoms with Crippen LogP contribution in [0.25, 0.3) is 5.95 Å². The lowest BCUT2D eigenvalue weighted by molar-refractivity contribution is -0.136. The number of carbonyl (C=O) groups is 1. The van der Waals surface area contributed by atoms with E-state index < -0.39 is 11.2 Å². The van der Waals surface area contributed by atoms with Crippen molar-refractivity contribution in [2.75, 3.05) is 0 Å². The van der Waals surface area contributed by atoms with E-state index in [0.717, 1.165) is 11.4 Å². The van der Waals surface area contributed by atoms with Crippen LogP contribution in [0, 0.1) is 19.7 Å². The summed E-state index contributed by atoms with van der Waals surface area (Å²) in [4.78, 5) is 11.3. The number of carboxylic acids is 1. The largest absolute Gasteiger partial charge is 0.481 e. The van der Waals surface area contributed by atoms with Crippen LogP contribution in [0.15, 0.2) is 40.6 Å². The maximum absolute atomic E-state index is 13.3. The number of hydrogen-bond donors (Lipinski definition) is 1. The lowest BCUT2D eigenvalue weighted by atomic mass is 10.1. The molecular weight excluding hydrogens is 371 g/mol. The van der Waals surface area contributed by atoms with Gasteiger partial charge in [0.1, 0.15) is 5.82 Å². The maximum atomic E-state index is 13.3. The number of nitrogens with zero attached hydrogens (tertiary/aromatic N) is 6. The third-order valence-corrected chi connectivity index (χ3v) is 5.19. The van der Waals surface area contributed by atoms with Crippen molar-refractivity contribution in [1.29, 1.82) is 0 Å². The average molecular weight is 386 g/mol. The van der Waals surface area contributed by atoms with Crippen molar-refractivity contribution in [3.63, 3.8) is 0 Å². The first-order valence-corrected chi connectivity index (χ1v) is 9.02. The maximum Gasteiger partial charge on any atom is 0.304 e. The number of hydrogen-bond acceptors (Lipinski definition) is 6. The van der Waals surface area contributed by atoms with Gasteiger partial charge in [0.2, 0.25) is 5.16 Å². The molecule has 1 aliphatic heterocycles. The van der Waals surface area contributed by atoms with Crippen LogP contribution in [0.2, 0.25) is 0 Å². The van der Waals surface area contributed by atoms with Gasteiger partial charge in [-0.05, 0) is 37.6 Å². The fourth-order valence-corrected chi connectivity index (χ4v) is 3.98. The number of rotatable bonds is 4. The Labute approximate surface area is 157 Å². The zero-order chi connectivity index (χ0) is 19.1. The zero-order valence-electron chi connectivity index (χ0n) is 14.5. The number of aliphatic carboxylic acids is 1. The number of carboxylic acid groups (broad SMARTS) is 1. The lowest BCUT2D eigenvalue weighted by Crippen LogP contribution is -2.27. The van der Waals surface area contributed by atoms with E-state index in [0.29, 0.717) is 22.4 Å². The van der Waals surface area contributed by atoms with E-state index in [9.17, 15) is 14.3 Å². The second kappa shape index (κ2) is 6.62. The summed E-state index contributed by atoms with van der Waals surface area (Å²) >= 11 is 1.26. The van der Waals surface area contributed by atoms with E-state index in [-0.39, 0.29) is 12.2 Å². The fourth-order valence-electron chi connectivity index (χ4n) is 2.90. The van der Waals surface area contributed by atoms with Crippen LogP contribution >= 0.6 is 11.8 Å². The van der Waals surface area contributed by atoms with Gasteiger partial charge in [-0.1, -0.05) is 23.9 Å². The van der Waals surface area contributed by atoms with Gasteiger partial charge in [0.05, 0.1) is 23.1 Å². The molecule has 1 N–H and O–H groups in total. The normalized spacial score (nSPS) is 16.1. The fraction of sp³-hybridized carbons (Fsp3) is 0.235. The molecule has 3 heterocycles. The molecule has 8 nitrogen and oxygen atoms in total. The Morgan fingerprint density at radius 1 is 1.26 bits per heavy atom. The molecular formula is C17H15FN6O2S. The highest BCUT2D eigenvalue weighted by atomic mass is 32.2. The van der Waals surface area contributed by atoms with Crippen molar-refractivity contribution >= 4 is 23.4 Å². The molecule has 27 heavy (non-hydrogen) atoms. The summed E-state index contributed by atoms with van der Waals surface area (Å²) in [5.74, 6) is -0.906.